The lowest BCUT2D eigenvalue weighted by atomic mass is 9.91. The van der Waals surface area contributed by atoms with Gasteiger partial charge in [0.1, 0.15) is 24.0 Å². The van der Waals surface area contributed by atoms with E-state index in [1.54, 1.807) is 49.0 Å². The molecule has 2 amide bonds. The van der Waals surface area contributed by atoms with E-state index in [2.05, 4.69) is 20.7 Å². The van der Waals surface area contributed by atoms with E-state index >= 15 is 0 Å². The molecule has 0 unspecified atom stereocenters. The highest BCUT2D eigenvalue weighted by atomic mass is 32.2. The van der Waals surface area contributed by atoms with Crippen LogP contribution < -0.4 is 24.8 Å². The quantitative estimate of drug-likeness (QED) is 0.417. The summed E-state index contributed by atoms with van der Waals surface area (Å²) < 4.78 is 48.6. The van der Waals surface area contributed by atoms with Crippen molar-refractivity contribution in [1.82, 2.24) is 29.7 Å². The number of aryl methyl sites for hydroxylation is 1. The van der Waals surface area contributed by atoms with Gasteiger partial charge in [-0.15, -0.1) is 0 Å². The zero-order valence-corrected chi connectivity index (χ0v) is 28.5. The van der Waals surface area contributed by atoms with Crippen molar-refractivity contribution in [1.29, 1.82) is 0 Å². The highest BCUT2D eigenvalue weighted by Crippen LogP contribution is 2.35. The van der Waals surface area contributed by atoms with Crippen LogP contribution in [-0.4, -0.2) is 79.8 Å². The fraction of sp³-hybridized carbons (Fsp3) is 0.515. The Hall–Kier alpha value is -4.17. The smallest absolute Gasteiger partial charge is 0.251 e. The molecular weight excluding hydrogens is 624 g/mol. The van der Waals surface area contributed by atoms with Crippen molar-refractivity contribution in [3.8, 4) is 17.2 Å². The molecule has 1 aliphatic heterocycles. The lowest BCUT2D eigenvalue weighted by molar-refractivity contribution is -0.122. The van der Waals surface area contributed by atoms with Gasteiger partial charge in [-0.3, -0.25) is 9.59 Å². The third-order valence-electron chi connectivity index (χ3n) is 8.53. The van der Waals surface area contributed by atoms with Crippen molar-refractivity contribution in [3.63, 3.8) is 0 Å². The van der Waals surface area contributed by atoms with Crippen LogP contribution in [0.5, 0.6) is 17.2 Å². The molecule has 1 aliphatic carbocycles. The molecule has 0 saturated heterocycles. The van der Waals surface area contributed by atoms with Gasteiger partial charge in [-0.1, -0.05) is 13.8 Å². The molecule has 14 heteroatoms. The first-order valence-corrected chi connectivity index (χ1v) is 17.5. The number of benzene rings is 2. The number of methoxy groups -OCH3 is 2. The summed E-state index contributed by atoms with van der Waals surface area (Å²) in [7, 11) is -1.00. The number of sulfonamides is 1. The Morgan fingerprint density at radius 3 is 2.43 bits per heavy atom. The molecule has 13 nitrogen and oxygen atoms in total. The predicted octanol–water partition coefficient (Wildman–Crippen LogP) is 3.20. The highest BCUT2D eigenvalue weighted by molar-refractivity contribution is 7.89. The summed E-state index contributed by atoms with van der Waals surface area (Å²) in [5.74, 6) is 1.70. The standard InChI is InChI=1S/C33H44N6O7S/c1-21(2)31-32-35-22(3)37-39(32)17-18-46-28-19-23(11-12-27(28)45-5)33(41)34-15-8-16-38(20-30(40)36-31)47(42,43)29-14-13-26(44-4)24-9-6-7-10-25(24)29/h11-14,19,21,31H,6-10,15-18,20H2,1-5H3,(H,34,41)(H,36,40)/t31-/m0/s1. The molecule has 2 aliphatic rings. The number of hydrogen-bond acceptors (Lipinski definition) is 9. The van der Waals surface area contributed by atoms with Gasteiger partial charge in [-0.2, -0.15) is 9.40 Å². The molecule has 1 aromatic heterocycles. The van der Waals surface area contributed by atoms with Crippen LogP contribution in [0, 0.1) is 12.8 Å². The summed E-state index contributed by atoms with van der Waals surface area (Å²) in [6.07, 6.45) is 3.42. The van der Waals surface area contributed by atoms with E-state index in [-0.39, 0.29) is 42.8 Å². The van der Waals surface area contributed by atoms with E-state index in [0.29, 0.717) is 47.4 Å². The Labute approximate surface area is 276 Å². The molecule has 1 atom stereocenters. The van der Waals surface area contributed by atoms with Crippen molar-refractivity contribution in [2.24, 2.45) is 5.92 Å². The number of carbonyl (C=O) groups excluding carboxylic acids is 2. The second-order valence-corrected chi connectivity index (χ2v) is 14.0. The molecule has 0 spiro atoms. The van der Waals surface area contributed by atoms with Gasteiger partial charge in [0.15, 0.2) is 11.5 Å². The number of aromatic nitrogens is 3. The lowest BCUT2D eigenvalue weighted by Crippen LogP contribution is -2.44. The molecule has 254 valence electrons. The fourth-order valence-electron chi connectivity index (χ4n) is 6.17. The van der Waals surface area contributed by atoms with E-state index in [0.717, 1.165) is 30.4 Å². The molecule has 0 radical (unpaired) electrons. The minimum absolute atomic E-state index is 0.00937. The van der Waals surface area contributed by atoms with Crippen molar-refractivity contribution >= 4 is 21.8 Å². The number of hydrogen-bond donors (Lipinski definition) is 2. The van der Waals surface area contributed by atoms with Gasteiger partial charge in [0.25, 0.3) is 5.91 Å². The molecule has 5 rings (SSSR count). The molecular formula is C33H44N6O7S. The minimum atomic E-state index is -4.11. The third-order valence-corrected chi connectivity index (χ3v) is 10.5. The number of carbonyl (C=O) groups is 2. The van der Waals surface area contributed by atoms with Crippen LogP contribution in [0.15, 0.2) is 35.2 Å². The van der Waals surface area contributed by atoms with Crippen molar-refractivity contribution < 1.29 is 32.2 Å². The van der Waals surface area contributed by atoms with Gasteiger partial charge in [0, 0.05) is 18.7 Å². The second kappa shape index (κ2) is 14.7. The lowest BCUT2D eigenvalue weighted by Gasteiger charge is -2.28. The van der Waals surface area contributed by atoms with Crippen molar-refractivity contribution in [2.75, 3.05) is 40.5 Å². The minimum Gasteiger partial charge on any atom is -0.496 e. The number of fused-ring (bicyclic) bond motifs is 4. The number of amides is 2. The largest absolute Gasteiger partial charge is 0.496 e. The van der Waals surface area contributed by atoms with Gasteiger partial charge in [-0.25, -0.2) is 18.1 Å². The summed E-state index contributed by atoms with van der Waals surface area (Å²) in [4.78, 5) is 31.6. The average molecular weight is 669 g/mol. The monoisotopic (exact) mass is 668 g/mol. The van der Waals surface area contributed by atoms with Gasteiger partial charge in [0.05, 0.1) is 38.2 Å². The maximum Gasteiger partial charge on any atom is 0.251 e. The molecule has 3 aromatic rings. The molecule has 2 heterocycles. The van der Waals surface area contributed by atoms with Gasteiger partial charge >= 0.3 is 0 Å². The van der Waals surface area contributed by atoms with Crippen LogP contribution in [0.25, 0.3) is 0 Å². The van der Waals surface area contributed by atoms with E-state index in [4.69, 9.17) is 14.2 Å². The van der Waals surface area contributed by atoms with Crippen LogP contribution in [0.3, 0.4) is 0 Å². The van der Waals surface area contributed by atoms with Crippen molar-refractivity contribution in [2.45, 2.75) is 70.4 Å². The van der Waals surface area contributed by atoms with E-state index < -0.39 is 28.5 Å². The van der Waals surface area contributed by atoms with Crippen LogP contribution in [-0.2, 0) is 34.2 Å². The van der Waals surface area contributed by atoms with Crippen LogP contribution in [0.2, 0.25) is 0 Å². The number of rotatable bonds is 5. The first kappa shape index (κ1) is 34.2. The van der Waals surface area contributed by atoms with Crippen molar-refractivity contribution in [3.05, 3.63) is 58.7 Å². The Morgan fingerprint density at radius 2 is 1.70 bits per heavy atom. The van der Waals surface area contributed by atoms with Gasteiger partial charge in [-0.05, 0) is 86.4 Å². The second-order valence-electron chi connectivity index (χ2n) is 12.1. The van der Waals surface area contributed by atoms with E-state index in [9.17, 15) is 18.0 Å². The topological polar surface area (TPSA) is 154 Å². The predicted molar refractivity (Wildman–Crippen MR) is 174 cm³/mol. The van der Waals surface area contributed by atoms with E-state index in [1.807, 2.05) is 13.8 Å². The number of nitrogens with zero attached hydrogens (tertiary/aromatic N) is 4. The SMILES string of the molecule is COc1ccc2cc1OCCn1nc(C)nc1[C@H](C(C)C)NC(=O)CN(S(=O)(=O)c1ccc(OC)c3c1CCCC3)CCCNC2=O. The Balaban J connectivity index is 1.51. The first-order chi connectivity index (χ1) is 22.5. The Bertz CT molecular complexity index is 1720. The Kier molecular flexibility index (Phi) is 10.7. The maximum absolute atomic E-state index is 14.4. The Morgan fingerprint density at radius 1 is 0.979 bits per heavy atom. The summed E-state index contributed by atoms with van der Waals surface area (Å²) in [6, 6.07) is 7.65. The number of ether oxygens (including phenoxy) is 3. The summed E-state index contributed by atoms with van der Waals surface area (Å²) in [5, 5.41) is 10.4. The molecule has 2 aromatic carbocycles. The highest BCUT2D eigenvalue weighted by Gasteiger charge is 2.33. The van der Waals surface area contributed by atoms with Crippen LogP contribution in [0.4, 0.5) is 0 Å². The molecule has 2 N–H and O–H groups in total. The zero-order valence-electron chi connectivity index (χ0n) is 27.7. The van der Waals surface area contributed by atoms with Gasteiger partial charge < -0.3 is 24.8 Å². The molecule has 47 heavy (non-hydrogen) atoms. The van der Waals surface area contributed by atoms with Crippen LogP contribution >= 0.6 is 0 Å². The fourth-order valence-corrected chi connectivity index (χ4v) is 7.88. The molecule has 2 bridgehead atoms. The third kappa shape index (κ3) is 7.54. The summed E-state index contributed by atoms with van der Waals surface area (Å²) in [6.45, 7) is 5.97. The maximum atomic E-state index is 14.4. The molecule has 0 fully saturated rings. The summed E-state index contributed by atoms with van der Waals surface area (Å²) in [5.41, 5.74) is 2.01. The van der Waals surface area contributed by atoms with Crippen LogP contribution in [0.1, 0.15) is 72.3 Å². The first-order valence-electron chi connectivity index (χ1n) is 16.0. The average Bonchev–Trinajstić information content (AvgIpc) is 3.42. The van der Waals surface area contributed by atoms with E-state index in [1.165, 1.54) is 11.4 Å². The molecule has 0 saturated carbocycles. The zero-order chi connectivity index (χ0) is 33.7. The van der Waals surface area contributed by atoms with Gasteiger partial charge in [0.2, 0.25) is 15.9 Å². The number of nitrogens with one attached hydrogen (secondary N) is 2. The normalized spacial score (nSPS) is 18.6. The summed E-state index contributed by atoms with van der Waals surface area (Å²) >= 11 is 0.